The highest BCUT2D eigenvalue weighted by Gasteiger charge is 2.29. The molecular formula is C47H52N4O. The third kappa shape index (κ3) is 6.65. The summed E-state index contributed by atoms with van der Waals surface area (Å²) in [6.07, 6.45) is 3.86. The van der Waals surface area contributed by atoms with E-state index in [9.17, 15) is 0 Å². The number of hydrogen-bond acceptors (Lipinski definition) is 3. The fourth-order valence-corrected chi connectivity index (χ4v) is 7.30. The fourth-order valence-electron chi connectivity index (χ4n) is 7.30. The summed E-state index contributed by atoms with van der Waals surface area (Å²) in [6, 6.07) is 34.8. The lowest BCUT2D eigenvalue weighted by molar-refractivity contribution is 0.480. The molecule has 5 heteroatoms. The van der Waals surface area contributed by atoms with Gasteiger partial charge in [0, 0.05) is 40.1 Å². The number of pyridine rings is 1. The Bertz CT molecular complexity index is 2390. The van der Waals surface area contributed by atoms with E-state index >= 15 is 0 Å². The van der Waals surface area contributed by atoms with Crippen LogP contribution in [-0.4, -0.2) is 19.3 Å². The molecular weight excluding hydrogens is 637 g/mol. The van der Waals surface area contributed by atoms with E-state index in [0.717, 1.165) is 52.6 Å². The topological polar surface area (TPSA) is 44.9 Å². The van der Waals surface area contributed by atoms with E-state index in [1.807, 2.05) is 6.20 Å². The highest BCUT2D eigenvalue weighted by atomic mass is 16.5. The van der Waals surface area contributed by atoms with Gasteiger partial charge in [-0.25, -0.2) is 9.67 Å². The first kappa shape index (κ1) is 35.3. The minimum Gasteiger partial charge on any atom is -0.457 e. The van der Waals surface area contributed by atoms with Gasteiger partial charge in [-0.15, -0.1) is 0 Å². The Hall–Kier alpha value is -5.16. The number of benzene rings is 4. The van der Waals surface area contributed by atoms with Crippen LogP contribution in [0.2, 0.25) is 0 Å². The zero-order valence-corrected chi connectivity index (χ0v) is 32.5. The van der Waals surface area contributed by atoms with Crippen LogP contribution in [0.1, 0.15) is 103 Å². The van der Waals surface area contributed by atoms with Gasteiger partial charge in [0.25, 0.3) is 0 Å². The monoisotopic (exact) mass is 688 g/mol. The molecule has 0 spiro atoms. The number of nitrogens with zero attached hydrogens (tertiary/aromatic N) is 4. The molecule has 0 saturated heterocycles. The summed E-state index contributed by atoms with van der Waals surface area (Å²) in [5.41, 5.74) is 11.6. The van der Waals surface area contributed by atoms with Gasteiger partial charge in [-0.1, -0.05) is 117 Å². The molecule has 0 fully saturated rings. The minimum atomic E-state index is -0.162. The van der Waals surface area contributed by atoms with Crippen molar-refractivity contribution in [3.63, 3.8) is 0 Å². The number of para-hydroxylation sites is 1. The first-order chi connectivity index (χ1) is 24.7. The van der Waals surface area contributed by atoms with Gasteiger partial charge >= 0.3 is 0 Å². The second-order valence-corrected chi connectivity index (χ2v) is 16.6. The van der Waals surface area contributed by atoms with Crippen LogP contribution in [0, 0.1) is 6.92 Å². The number of aromatic nitrogens is 4. The van der Waals surface area contributed by atoms with Crippen molar-refractivity contribution in [3.05, 3.63) is 131 Å². The van der Waals surface area contributed by atoms with Crippen molar-refractivity contribution >= 4 is 21.8 Å². The molecule has 0 aliphatic rings. The lowest BCUT2D eigenvalue weighted by Gasteiger charge is -2.24. The van der Waals surface area contributed by atoms with Crippen LogP contribution in [0.5, 0.6) is 11.5 Å². The molecule has 0 N–H and O–H groups in total. The van der Waals surface area contributed by atoms with E-state index < -0.39 is 0 Å². The van der Waals surface area contributed by atoms with Gasteiger partial charge in [0.05, 0.1) is 28.1 Å². The summed E-state index contributed by atoms with van der Waals surface area (Å²) in [4.78, 5) is 4.87. The third-order valence-corrected chi connectivity index (χ3v) is 10.0. The molecule has 0 aliphatic carbocycles. The summed E-state index contributed by atoms with van der Waals surface area (Å²) in [5.74, 6) is 2.77. The summed E-state index contributed by atoms with van der Waals surface area (Å²) >= 11 is 0. The maximum atomic E-state index is 6.84. The lowest BCUT2D eigenvalue weighted by Crippen LogP contribution is -2.19. The van der Waals surface area contributed by atoms with Gasteiger partial charge in [0.1, 0.15) is 17.3 Å². The average Bonchev–Trinajstić information content (AvgIpc) is 3.64. The SMILES string of the molecule is CCCc1nn(-c2cc(Oc3ccc4c5ccccc5n(-c5cc(C(C)(C)C)ccn5)c4c3)cc(C(C)C)c2)c(C(C)(C)C)c1-c1ccc(C)cc1. The molecule has 3 heterocycles. The van der Waals surface area contributed by atoms with E-state index in [0.29, 0.717) is 5.92 Å². The largest absolute Gasteiger partial charge is 0.457 e. The molecule has 0 unspecified atom stereocenters. The van der Waals surface area contributed by atoms with Crippen molar-refractivity contribution in [1.82, 2.24) is 19.3 Å². The van der Waals surface area contributed by atoms with Gasteiger partial charge in [0.2, 0.25) is 0 Å². The summed E-state index contributed by atoms with van der Waals surface area (Å²) in [7, 11) is 0. The molecule has 0 atom stereocenters. The zero-order valence-electron chi connectivity index (χ0n) is 32.5. The Morgan fingerprint density at radius 3 is 2.15 bits per heavy atom. The van der Waals surface area contributed by atoms with Crippen molar-refractivity contribution in [2.75, 3.05) is 0 Å². The van der Waals surface area contributed by atoms with Crippen LogP contribution >= 0.6 is 0 Å². The predicted octanol–water partition coefficient (Wildman–Crippen LogP) is 12.8. The van der Waals surface area contributed by atoms with Crippen LogP contribution in [0.25, 0.3) is 44.4 Å². The molecule has 0 radical (unpaired) electrons. The molecule has 0 amide bonds. The molecule has 3 aromatic heterocycles. The number of fused-ring (bicyclic) bond motifs is 3. The number of aryl methyl sites for hydroxylation is 2. The fraction of sp³-hybridized carbons (Fsp3) is 0.319. The highest BCUT2D eigenvalue weighted by Crippen LogP contribution is 2.40. The van der Waals surface area contributed by atoms with Crippen molar-refractivity contribution in [2.45, 2.75) is 98.8 Å². The molecule has 0 aliphatic heterocycles. The molecule has 5 nitrogen and oxygen atoms in total. The first-order valence-corrected chi connectivity index (χ1v) is 18.8. The van der Waals surface area contributed by atoms with Crippen molar-refractivity contribution < 1.29 is 4.74 Å². The second kappa shape index (κ2) is 13.4. The Balaban J connectivity index is 1.38. The van der Waals surface area contributed by atoms with Gasteiger partial charge in [-0.05, 0) is 83.8 Å². The van der Waals surface area contributed by atoms with E-state index in [1.54, 1.807) is 0 Å². The molecule has 4 aromatic carbocycles. The third-order valence-electron chi connectivity index (χ3n) is 10.0. The van der Waals surface area contributed by atoms with E-state index in [2.05, 4.69) is 176 Å². The Kier molecular flexibility index (Phi) is 9.10. The summed E-state index contributed by atoms with van der Waals surface area (Å²) < 4.78 is 11.3. The van der Waals surface area contributed by atoms with Gasteiger partial charge in [0.15, 0.2) is 0 Å². The van der Waals surface area contributed by atoms with E-state index in [4.69, 9.17) is 14.8 Å². The molecule has 7 aromatic rings. The van der Waals surface area contributed by atoms with Gasteiger partial charge < -0.3 is 4.74 Å². The normalized spacial score (nSPS) is 12.4. The lowest BCUT2D eigenvalue weighted by atomic mass is 9.85. The van der Waals surface area contributed by atoms with Crippen LogP contribution in [0.4, 0.5) is 0 Å². The second-order valence-electron chi connectivity index (χ2n) is 16.6. The summed E-state index contributed by atoms with van der Waals surface area (Å²) in [5, 5.41) is 7.73. The standard InChI is InChI=1S/C47H52N4O/c1-11-14-40-44(32-19-17-31(4)18-20-32)45(47(8,9)10)51(49-40)35-25-33(30(2)3)26-37(28-35)52-36-21-22-39-38-15-12-13-16-41(38)50(42(39)29-36)43-27-34(23-24-48-43)46(5,6)7/h12-13,15-30H,11,14H2,1-10H3. The Morgan fingerprint density at radius 2 is 1.46 bits per heavy atom. The number of hydrogen-bond donors (Lipinski definition) is 0. The van der Waals surface area contributed by atoms with Crippen molar-refractivity contribution in [2.24, 2.45) is 0 Å². The zero-order chi connectivity index (χ0) is 36.9. The van der Waals surface area contributed by atoms with Crippen molar-refractivity contribution in [3.8, 4) is 34.1 Å². The highest BCUT2D eigenvalue weighted by molar-refractivity contribution is 6.09. The minimum absolute atomic E-state index is 0.00347. The molecule has 0 saturated carbocycles. The maximum absolute atomic E-state index is 6.84. The quantitative estimate of drug-likeness (QED) is 0.160. The van der Waals surface area contributed by atoms with E-state index in [1.165, 1.54) is 44.3 Å². The molecule has 266 valence electrons. The smallest absolute Gasteiger partial charge is 0.137 e. The van der Waals surface area contributed by atoms with Crippen LogP contribution < -0.4 is 4.74 Å². The van der Waals surface area contributed by atoms with E-state index in [-0.39, 0.29) is 10.8 Å². The molecule has 52 heavy (non-hydrogen) atoms. The Labute approximate surface area is 309 Å². The van der Waals surface area contributed by atoms with Crippen molar-refractivity contribution in [1.29, 1.82) is 0 Å². The van der Waals surface area contributed by atoms with Gasteiger partial charge in [-0.3, -0.25) is 4.57 Å². The van der Waals surface area contributed by atoms with Crippen LogP contribution in [0.3, 0.4) is 0 Å². The maximum Gasteiger partial charge on any atom is 0.137 e. The number of ether oxygens (including phenoxy) is 1. The number of rotatable bonds is 8. The van der Waals surface area contributed by atoms with Gasteiger partial charge in [-0.2, -0.15) is 5.10 Å². The van der Waals surface area contributed by atoms with Crippen LogP contribution in [0.15, 0.2) is 103 Å². The summed E-state index contributed by atoms with van der Waals surface area (Å²) in [6.45, 7) is 22.4. The predicted molar refractivity (Wildman–Crippen MR) is 218 cm³/mol. The first-order valence-electron chi connectivity index (χ1n) is 18.8. The average molecular weight is 689 g/mol. The molecule has 7 rings (SSSR count). The Morgan fingerprint density at radius 1 is 0.731 bits per heavy atom. The van der Waals surface area contributed by atoms with Crippen LogP contribution in [-0.2, 0) is 17.3 Å². The molecule has 0 bridgehead atoms.